The minimum absolute atomic E-state index is 0.0125. The van der Waals surface area contributed by atoms with Crippen LogP contribution in [-0.4, -0.2) is 51.3 Å². The molecule has 0 saturated carbocycles. The number of anilines is 1. The molecule has 9 nitrogen and oxygen atoms in total. The molecule has 146 valence electrons. The van der Waals surface area contributed by atoms with Crippen molar-refractivity contribution in [2.75, 3.05) is 18.8 Å². The molecule has 2 aliphatic rings. The fourth-order valence-electron chi connectivity index (χ4n) is 4.24. The lowest BCUT2D eigenvalue weighted by molar-refractivity contribution is -0.133. The minimum Gasteiger partial charge on any atom is -0.368 e. The molecule has 2 fully saturated rings. The molecule has 1 aromatic heterocycles. The predicted octanol–water partition coefficient (Wildman–Crippen LogP) is 0.445. The van der Waals surface area contributed by atoms with E-state index in [1.807, 2.05) is 25.7 Å². The lowest BCUT2D eigenvalue weighted by Crippen LogP contribution is -2.56. The molecule has 3 heterocycles. The van der Waals surface area contributed by atoms with Crippen LogP contribution in [0.25, 0.3) is 0 Å². The summed E-state index contributed by atoms with van der Waals surface area (Å²) in [5.74, 6) is -0.0198. The van der Waals surface area contributed by atoms with Crippen LogP contribution in [0, 0.1) is 19.8 Å². The van der Waals surface area contributed by atoms with Gasteiger partial charge in [0.05, 0.1) is 6.42 Å². The number of carbonyl (C=O) groups is 3. The molecule has 0 radical (unpaired) electrons. The van der Waals surface area contributed by atoms with Gasteiger partial charge in [0.1, 0.15) is 5.54 Å². The molecule has 9 heteroatoms. The number of nitrogens with one attached hydrogen (secondary N) is 2. The smallest absolute Gasteiger partial charge is 0.322 e. The van der Waals surface area contributed by atoms with Gasteiger partial charge in [0.25, 0.3) is 5.91 Å². The molecule has 0 aliphatic carbocycles. The Kier molecular flexibility index (Phi) is 5.03. The molecule has 0 aromatic carbocycles. The maximum atomic E-state index is 12.7. The van der Waals surface area contributed by atoms with Crippen LogP contribution in [0.15, 0.2) is 0 Å². The van der Waals surface area contributed by atoms with Gasteiger partial charge in [0, 0.05) is 30.0 Å². The van der Waals surface area contributed by atoms with Gasteiger partial charge in [-0.25, -0.2) is 14.8 Å². The van der Waals surface area contributed by atoms with Crippen molar-refractivity contribution >= 4 is 23.8 Å². The third kappa shape index (κ3) is 3.45. The molecule has 4 amide bonds. The van der Waals surface area contributed by atoms with E-state index in [0.29, 0.717) is 32.4 Å². The molecule has 0 spiro atoms. The summed E-state index contributed by atoms with van der Waals surface area (Å²) in [5.41, 5.74) is 7.04. The fourth-order valence-corrected chi connectivity index (χ4v) is 4.24. The molecule has 2 saturated heterocycles. The Labute approximate surface area is 158 Å². The number of hydrogen-bond donors (Lipinski definition) is 3. The van der Waals surface area contributed by atoms with Crippen LogP contribution < -0.4 is 16.4 Å². The monoisotopic (exact) mass is 374 g/mol. The number of aryl methyl sites for hydroxylation is 2. The van der Waals surface area contributed by atoms with Crippen LogP contribution in [0.1, 0.15) is 43.1 Å². The van der Waals surface area contributed by atoms with Gasteiger partial charge in [0.2, 0.25) is 11.9 Å². The van der Waals surface area contributed by atoms with Crippen LogP contribution in [0.4, 0.5) is 10.7 Å². The standard InChI is InChI=1S/C18H26N6O3/c1-4-18(15(26)22-17(27)23-18)12-5-7-24(8-6-12)14(25)9-13-10(2)20-16(19)21-11(13)3/h12H,4-9H2,1-3H3,(H2,19,20,21)(H2,22,23,26,27)/t18-/m0/s1. The minimum atomic E-state index is -0.857. The Balaban J connectivity index is 1.65. The highest BCUT2D eigenvalue weighted by molar-refractivity contribution is 6.07. The summed E-state index contributed by atoms with van der Waals surface area (Å²) in [6, 6.07) is -0.436. The van der Waals surface area contributed by atoms with Gasteiger partial charge in [-0.3, -0.25) is 14.9 Å². The third-order valence-electron chi connectivity index (χ3n) is 5.84. The van der Waals surface area contributed by atoms with Crippen molar-refractivity contribution < 1.29 is 14.4 Å². The number of hydrogen-bond acceptors (Lipinski definition) is 6. The van der Waals surface area contributed by atoms with E-state index in [4.69, 9.17) is 5.73 Å². The number of piperidine rings is 1. The first-order chi connectivity index (χ1) is 12.8. The molecule has 4 N–H and O–H groups in total. The van der Waals surface area contributed by atoms with E-state index in [1.54, 1.807) is 0 Å². The normalized spacial score (nSPS) is 23.3. The third-order valence-corrected chi connectivity index (χ3v) is 5.84. The second-order valence-electron chi connectivity index (χ2n) is 7.30. The van der Waals surface area contributed by atoms with Crippen LogP contribution in [0.5, 0.6) is 0 Å². The number of carbonyl (C=O) groups excluding carboxylic acids is 3. The average molecular weight is 374 g/mol. The number of nitrogens with zero attached hydrogens (tertiary/aromatic N) is 3. The van der Waals surface area contributed by atoms with Gasteiger partial charge in [-0.15, -0.1) is 0 Å². The quantitative estimate of drug-likeness (QED) is 0.656. The molecule has 27 heavy (non-hydrogen) atoms. The summed E-state index contributed by atoms with van der Waals surface area (Å²) < 4.78 is 0. The Morgan fingerprint density at radius 2 is 1.81 bits per heavy atom. The lowest BCUT2D eigenvalue weighted by atomic mass is 9.76. The van der Waals surface area contributed by atoms with Gasteiger partial charge in [-0.2, -0.15) is 0 Å². The molecule has 0 bridgehead atoms. The molecule has 1 atom stereocenters. The Morgan fingerprint density at radius 1 is 1.22 bits per heavy atom. The first-order valence-electron chi connectivity index (χ1n) is 9.27. The largest absolute Gasteiger partial charge is 0.368 e. The fraction of sp³-hybridized carbons (Fsp3) is 0.611. The zero-order valence-corrected chi connectivity index (χ0v) is 16.0. The number of aromatic nitrogens is 2. The van der Waals surface area contributed by atoms with Crippen molar-refractivity contribution in [1.29, 1.82) is 0 Å². The van der Waals surface area contributed by atoms with E-state index >= 15 is 0 Å². The van der Waals surface area contributed by atoms with Crippen LogP contribution >= 0.6 is 0 Å². The van der Waals surface area contributed by atoms with Gasteiger partial charge in [-0.1, -0.05) is 6.92 Å². The predicted molar refractivity (Wildman–Crippen MR) is 98.6 cm³/mol. The van der Waals surface area contributed by atoms with E-state index in [-0.39, 0.29) is 30.1 Å². The van der Waals surface area contributed by atoms with E-state index in [2.05, 4.69) is 20.6 Å². The maximum absolute atomic E-state index is 12.7. The number of imide groups is 1. The highest BCUT2D eigenvalue weighted by atomic mass is 16.2. The van der Waals surface area contributed by atoms with Crippen LogP contribution in [0.2, 0.25) is 0 Å². The molecule has 1 aromatic rings. The molecular formula is C18H26N6O3. The second kappa shape index (κ2) is 7.13. The van der Waals surface area contributed by atoms with E-state index in [0.717, 1.165) is 17.0 Å². The molecule has 2 aliphatic heterocycles. The van der Waals surface area contributed by atoms with Crippen molar-refractivity contribution in [3.05, 3.63) is 17.0 Å². The van der Waals surface area contributed by atoms with Gasteiger partial charge < -0.3 is 16.0 Å². The average Bonchev–Trinajstić information content (AvgIpc) is 2.92. The number of rotatable bonds is 4. The van der Waals surface area contributed by atoms with Gasteiger partial charge in [0.15, 0.2) is 0 Å². The maximum Gasteiger partial charge on any atom is 0.322 e. The van der Waals surface area contributed by atoms with Crippen LogP contribution in [0.3, 0.4) is 0 Å². The summed E-state index contributed by atoms with van der Waals surface area (Å²) in [6.45, 7) is 6.67. The van der Waals surface area contributed by atoms with Gasteiger partial charge >= 0.3 is 6.03 Å². The molecule has 3 rings (SSSR count). The lowest BCUT2D eigenvalue weighted by Gasteiger charge is -2.40. The van der Waals surface area contributed by atoms with Crippen molar-refractivity contribution in [3.8, 4) is 0 Å². The van der Waals surface area contributed by atoms with Gasteiger partial charge in [-0.05, 0) is 39.0 Å². The van der Waals surface area contributed by atoms with E-state index < -0.39 is 11.6 Å². The summed E-state index contributed by atoms with van der Waals surface area (Å²) in [7, 11) is 0. The van der Waals surface area contributed by atoms with Crippen molar-refractivity contribution in [2.45, 2.75) is 52.0 Å². The Bertz CT molecular complexity index is 764. The first-order valence-corrected chi connectivity index (χ1v) is 9.27. The highest BCUT2D eigenvalue weighted by Crippen LogP contribution is 2.33. The second-order valence-corrected chi connectivity index (χ2v) is 7.30. The van der Waals surface area contributed by atoms with Crippen molar-refractivity contribution in [3.63, 3.8) is 0 Å². The summed E-state index contributed by atoms with van der Waals surface area (Å²) in [6.07, 6.45) is 2.11. The first kappa shape index (κ1) is 19.1. The molecular weight excluding hydrogens is 348 g/mol. The number of nitrogen functional groups attached to an aromatic ring is 1. The number of urea groups is 1. The Hall–Kier alpha value is -2.71. The van der Waals surface area contributed by atoms with E-state index in [1.165, 1.54) is 0 Å². The van der Waals surface area contributed by atoms with Crippen molar-refractivity contribution in [1.82, 2.24) is 25.5 Å². The number of nitrogens with two attached hydrogens (primary N) is 1. The zero-order valence-electron chi connectivity index (χ0n) is 16.0. The summed E-state index contributed by atoms with van der Waals surface area (Å²) in [5, 5.41) is 5.16. The summed E-state index contributed by atoms with van der Waals surface area (Å²) >= 11 is 0. The number of likely N-dealkylation sites (tertiary alicyclic amines) is 1. The highest BCUT2D eigenvalue weighted by Gasteiger charge is 2.51. The van der Waals surface area contributed by atoms with E-state index in [9.17, 15) is 14.4 Å². The van der Waals surface area contributed by atoms with Crippen LogP contribution in [-0.2, 0) is 16.0 Å². The topological polar surface area (TPSA) is 130 Å². The zero-order chi connectivity index (χ0) is 19.8. The summed E-state index contributed by atoms with van der Waals surface area (Å²) in [4.78, 5) is 46.7. The SMILES string of the molecule is CC[C@@]1(C2CCN(C(=O)Cc3c(C)nc(N)nc3C)CC2)NC(=O)NC1=O. The number of amides is 4. The Morgan fingerprint density at radius 3 is 2.30 bits per heavy atom. The van der Waals surface area contributed by atoms with Crippen molar-refractivity contribution in [2.24, 2.45) is 5.92 Å². The molecule has 0 unspecified atom stereocenters.